The summed E-state index contributed by atoms with van der Waals surface area (Å²) in [5, 5.41) is 13.0. The Labute approximate surface area is 99.6 Å². The molecule has 92 valence electrons. The van der Waals surface area contributed by atoms with Gasteiger partial charge in [-0.2, -0.15) is 0 Å². The van der Waals surface area contributed by atoms with E-state index in [9.17, 15) is 4.79 Å². The lowest BCUT2D eigenvalue weighted by molar-refractivity contribution is 0.0940. The number of carbonyl (C=O) groups is 1. The summed E-state index contributed by atoms with van der Waals surface area (Å²) in [7, 11) is 0. The van der Waals surface area contributed by atoms with Crippen LogP contribution in [0.2, 0.25) is 0 Å². The predicted octanol–water partition coefficient (Wildman–Crippen LogP) is 0.164. The lowest BCUT2D eigenvalue weighted by atomic mass is 10.2. The molecule has 1 unspecified atom stereocenters. The van der Waals surface area contributed by atoms with Gasteiger partial charge in [0, 0.05) is 18.5 Å². The molecule has 1 amide bonds. The number of amides is 1. The zero-order chi connectivity index (χ0) is 11.7. The minimum Gasteiger partial charge on any atom is -0.348 e. The fraction of sp³-hybridized carbons (Fsp3) is 0.727. The molecule has 6 heteroatoms. The Kier molecular flexibility index (Phi) is 2.80. The average Bonchev–Trinajstić information content (AvgIpc) is 2.88. The van der Waals surface area contributed by atoms with Crippen LogP contribution in [0.1, 0.15) is 48.0 Å². The molecule has 3 rings (SSSR count). The van der Waals surface area contributed by atoms with Crippen LogP contribution >= 0.6 is 0 Å². The maximum Gasteiger partial charge on any atom is 0.291 e. The van der Waals surface area contributed by atoms with Crippen molar-refractivity contribution in [3.8, 4) is 0 Å². The van der Waals surface area contributed by atoms with E-state index < -0.39 is 0 Å². The van der Waals surface area contributed by atoms with Crippen LogP contribution in [0.5, 0.6) is 0 Å². The highest BCUT2D eigenvalue weighted by Crippen LogP contribution is 2.37. The van der Waals surface area contributed by atoms with Crippen molar-refractivity contribution in [1.82, 2.24) is 25.8 Å². The molecule has 1 aliphatic carbocycles. The van der Waals surface area contributed by atoms with E-state index in [1.807, 2.05) is 0 Å². The van der Waals surface area contributed by atoms with Gasteiger partial charge in [-0.3, -0.25) is 9.89 Å². The van der Waals surface area contributed by atoms with Gasteiger partial charge in [0.15, 0.2) is 0 Å². The van der Waals surface area contributed by atoms with Crippen LogP contribution in [0.25, 0.3) is 0 Å². The van der Waals surface area contributed by atoms with E-state index in [1.165, 1.54) is 6.42 Å². The molecular formula is C11H17N5O. The van der Waals surface area contributed by atoms with Crippen molar-refractivity contribution in [2.24, 2.45) is 0 Å². The number of rotatable bonds is 4. The molecule has 0 spiro atoms. The Bertz CT molecular complexity index is 406. The summed E-state index contributed by atoms with van der Waals surface area (Å²) < 4.78 is 0. The lowest BCUT2D eigenvalue weighted by Gasteiger charge is -2.09. The second kappa shape index (κ2) is 4.44. The Morgan fingerprint density at radius 1 is 1.41 bits per heavy atom. The summed E-state index contributed by atoms with van der Waals surface area (Å²) in [5.74, 6) is 1.45. The van der Waals surface area contributed by atoms with Gasteiger partial charge in [0.1, 0.15) is 5.82 Å². The van der Waals surface area contributed by atoms with E-state index in [2.05, 4.69) is 25.8 Å². The highest BCUT2D eigenvalue weighted by molar-refractivity contribution is 5.90. The topological polar surface area (TPSA) is 82.7 Å². The van der Waals surface area contributed by atoms with Crippen molar-refractivity contribution in [2.45, 2.75) is 37.6 Å². The number of hydrogen-bond acceptors (Lipinski definition) is 4. The Hall–Kier alpha value is -1.43. The fourth-order valence-corrected chi connectivity index (χ4v) is 2.14. The van der Waals surface area contributed by atoms with Gasteiger partial charge >= 0.3 is 0 Å². The summed E-state index contributed by atoms with van der Waals surface area (Å²) in [6.45, 7) is 1.71. The first kappa shape index (κ1) is 10.7. The predicted molar refractivity (Wildman–Crippen MR) is 61.7 cm³/mol. The second-order valence-electron chi connectivity index (χ2n) is 4.82. The Morgan fingerprint density at radius 2 is 2.29 bits per heavy atom. The molecule has 1 aromatic heterocycles. The molecule has 1 aliphatic heterocycles. The van der Waals surface area contributed by atoms with Crippen LogP contribution in [0.4, 0.5) is 0 Å². The second-order valence-corrected chi connectivity index (χ2v) is 4.82. The third-order valence-corrected chi connectivity index (χ3v) is 3.34. The quantitative estimate of drug-likeness (QED) is 0.694. The zero-order valence-corrected chi connectivity index (χ0v) is 9.70. The van der Waals surface area contributed by atoms with E-state index in [0.29, 0.717) is 18.5 Å². The molecule has 1 atom stereocenters. The monoisotopic (exact) mass is 235 g/mol. The largest absolute Gasteiger partial charge is 0.348 e. The van der Waals surface area contributed by atoms with Crippen molar-refractivity contribution in [3.63, 3.8) is 0 Å². The molecule has 3 N–H and O–H groups in total. The van der Waals surface area contributed by atoms with Gasteiger partial charge in [0.05, 0.1) is 0 Å². The SMILES string of the molecule is O=C(NCC1CCCN1)c1n[nH]c(C2CC2)n1. The summed E-state index contributed by atoms with van der Waals surface area (Å²) in [6.07, 6.45) is 4.62. The fourth-order valence-electron chi connectivity index (χ4n) is 2.14. The maximum atomic E-state index is 11.8. The van der Waals surface area contributed by atoms with Gasteiger partial charge in [-0.15, -0.1) is 5.10 Å². The molecule has 2 aliphatic rings. The lowest BCUT2D eigenvalue weighted by Crippen LogP contribution is -2.37. The average molecular weight is 235 g/mol. The Balaban J connectivity index is 1.53. The van der Waals surface area contributed by atoms with Gasteiger partial charge in [-0.05, 0) is 32.2 Å². The molecule has 6 nitrogen and oxygen atoms in total. The van der Waals surface area contributed by atoms with Gasteiger partial charge in [0.2, 0.25) is 5.82 Å². The van der Waals surface area contributed by atoms with Crippen LogP contribution in [0.3, 0.4) is 0 Å². The summed E-state index contributed by atoms with van der Waals surface area (Å²) in [6, 6.07) is 0.404. The van der Waals surface area contributed by atoms with Crippen molar-refractivity contribution < 1.29 is 4.79 Å². The van der Waals surface area contributed by atoms with Gasteiger partial charge in [-0.1, -0.05) is 0 Å². The van der Waals surface area contributed by atoms with Gasteiger partial charge in [-0.25, -0.2) is 4.98 Å². The van der Waals surface area contributed by atoms with Crippen LogP contribution < -0.4 is 10.6 Å². The van der Waals surface area contributed by atoms with Crippen molar-refractivity contribution in [1.29, 1.82) is 0 Å². The number of nitrogens with zero attached hydrogens (tertiary/aromatic N) is 2. The smallest absolute Gasteiger partial charge is 0.291 e. The van der Waals surface area contributed by atoms with Crippen LogP contribution in [0, 0.1) is 0 Å². The summed E-state index contributed by atoms with van der Waals surface area (Å²) in [4.78, 5) is 16.0. The third kappa shape index (κ3) is 2.46. The molecule has 2 fully saturated rings. The first-order valence-corrected chi connectivity index (χ1v) is 6.27. The minimum absolute atomic E-state index is 0.179. The van der Waals surface area contributed by atoms with E-state index in [0.717, 1.165) is 31.6 Å². The Morgan fingerprint density at radius 3 is 3.00 bits per heavy atom. The van der Waals surface area contributed by atoms with E-state index >= 15 is 0 Å². The van der Waals surface area contributed by atoms with Crippen molar-refractivity contribution in [3.05, 3.63) is 11.6 Å². The van der Waals surface area contributed by atoms with Gasteiger partial charge < -0.3 is 10.6 Å². The standard InChI is InChI=1S/C11H17N5O/c17-11(13-6-8-2-1-5-12-8)10-14-9(15-16-10)7-3-4-7/h7-8,12H,1-6H2,(H,13,17)(H,14,15,16). The molecule has 0 aromatic carbocycles. The number of nitrogens with one attached hydrogen (secondary N) is 3. The highest BCUT2D eigenvalue weighted by Gasteiger charge is 2.28. The number of aromatic nitrogens is 3. The number of aromatic amines is 1. The molecule has 0 radical (unpaired) electrons. The number of carbonyl (C=O) groups excluding carboxylic acids is 1. The van der Waals surface area contributed by atoms with Crippen molar-refractivity contribution in [2.75, 3.05) is 13.1 Å². The third-order valence-electron chi connectivity index (χ3n) is 3.34. The molecule has 0 bridgehead atoms. The normalized spacial score (nSPS) is 23.9. The molecule has 17 heavy (non-hydrogen) atoms. The van der Waals surface area contributed by atoms with Crippen LogP contribution in [-0.2, 0) is 0 Å². The van der Waals surface area contributed by atoms with E-state index in [-0.39, 0.29) is 11.7 Å². The van der Waals surface area contributed by atoms with Crippen LogP contribution in [-0.4, -0.2) is 40.2 Å². The first-order valence-electron chi connectivity index (χ1n) is 6.27. The minimum atomic E-state index is -0.179. The molecular weight excluding hydrogens is 218 g/mol. The zero-order valence-electron chi connectivity index (χ0n) is 9.70. The van der Waals surface area contributed by atoms with Crippen LogP contribution in [0.15, 0.2) is 0 Å². The molecule has 1 aromatic rings. The summed E-state index contributed by atoms with van der Waals surface area (Å²) in [5.41, 5.74) is 0. The molecule has 2 heterocycles. The van der Waals surface area contributed by atoms with Crippen molar-refractivity contribution >= 4 is 5.91 Å². The molecule has 1 saturated heterocycles. The summed E-state index contributed by atoms with van der Waals surface area (Å²) >= 11 is 0. The van der Waals surface area contributed by atoms with E-state index in [1.54, 1.807) is 0 Å². The number of hydrogen-bond donors (Lipinski definition) is 3. The van der Waals surface area contributed by atoms with E-state index in [4.69, 9.17) is 0 Å². The van der Waals surface area contributed by atoms with Gasteiger partial charge in [0.25, 0.3) is 5.91 Å². The number of H-pyrrole nitrogens is 1. The first-order chi connectivity index (χ1) is 8.33. The molecule has 1 saturated carbocycles. The maximum absolute atomic E-state index is 11.8. The highest BCUT2D eigenvalue weighted by atomic mass is 16.2.